The number of hydrogen-bond acceptors (Lipinski definition) is 0. The van der Waals surface area contributed by atoms with Crippen LogP contribution in [0.5, 0.6) is 0 Å². The lowest BCUT2D eigenvalue weighted by Gasteiger charge is -1.82. The van der Waals surface area contributed by atoms with Gasteiger partial charge in [0.2, 0.25) is 0 Å². The third kappa shape index (κ3) is 1.16. The number of benzene rings is 1. The van der Waals surface area contributed by atoms with E-state index in [1.54, 1.807) is 12.1 Å². The van der Waals surface area contributed by atoms with Gasteiger partial charge in [-0.25, -0.2) is 0 Å². The number of rotatable bonds is 0. The van der Waals surface area contributed by atoms with Crippen LogP contribution in [0.4, 0.5) is 0 Å². The molecule has 0 bridgehead atoms. The average molecular weight is 109 g/mol. The van der Waals surface area contributed by atoms with Crippen LogP contribution in [0.3, 0.4) is 0 Å². The lowest BCUT2D eigenvalue weighted by atomic mass is 10.4. The Morgan fingerprint density at radius 2 is 2.43 bits per heavy atom. The fraction of sp³-hybridized carbons (Fsp3) is 0. The molecule has 0 saturated heterocycles. The molecule has 1 aromatic rings. The van der Waals surface area contributed by atoms with Gasteiger partial charge in [-0.2, -0.15) is 0 Å². The standard InChI is InChI=1S/C6H5Si/c7-6-4-2-1-3-5-6/h1-5H/i1T,4T. The summed E-state index contributed by atoms with van der Waals surface area (Å²) >= 11 is 0. The van der Waals surface area contributed by atoms with E-state index in [-0.39, 0.29) is 0 Å². The van der Waals surface area contributed by atoms with Crippen LogP contribution >= 0.6 is 0 Å². The first-order valence-electron chi connectivity index (χ1n) is 2.99. The second kappa shape index (κ2) is 1.94. The zero-order valence-corrected chi connectivity index (χ0v) is 4.73. The zero-order chi connectivity index (χ0) is 6.85. The molecule has 1 heteroatoms. The molecule has 0 N–H and O–H groups in total. The first-order valence-corrected chi connectivity index (χ1v) is 2.49. The highest BCUT2D eigenvalue weighted by molar-refractivity contribution is 6.32. The molecule has 1 rings (SSSR count). The maximum absolute atomic E-state index is 7.19. The molecule has 0 heterocycles. The Balaban J connectivity index is 3.17. The van der Waals surface area contributed by atoms with Gasteiger partial charge < -0.3 is 0 Å². The lowest BCUT2D eigenvalue weighted by molar-refractivity contribution is 1.78. The van der Waals surface area contributed by atoms with E-state index in [9.17, 15) is 0 Å². The highest BCUT2D eigenvalue weighted by atomic mass is 28.1. The largest absolute Gasteiger partial charge is 0.0711 e. The maximum atomic E-state index is 7.19. The molecule has 0 fully saturated rings. The van der Waals surface area contributed by atoms with Gasteiger partial charge in [-0.1, -0.05) is 35.5 Å². The monoisotopic (exact) mass is 109 g/mol. The van der Waals surface area contributed by atoms with Gasteiger partial charge in [0.1, 0.15) is 0 Å². The average Bonchev–Trinajstić information content (AvgIpc) is 1.80. The van der Waals surface area contributed by atoms with Crippen molar-refractivity contribution >= 4 is 15.4 Å². The van der Waals surface area contributed by atoms with E-state index in [0.717, 1.165) is 5.19 Å². The molecule has 0 aliphatic carbocycles. The van der Waals surface area contributed by atoms with E-state index in [1.165, 1.54) is 6.07 Å². The summed E-state index contributed by atoms with van der Waals surface area (Å²) in [7, 11) is 3.21. The van der Waals surface area contributed by atoms with Crippen molar-refractivity contribution < 1.29 is 2.74 Å². The van der Waals surface area contributed by atoms with Gasteiger partial charge in [-0.15, -0.1) is 0 Å². The Morgan fingerprint density at radius 1 is 1.57 bits per heavy atom. The highest BCUT2D eigenvalue weighted by Gasteiger charge is 1.72. The van der Waals surface area contributed by atoms with Crippen LogP contribution in [0, 0.1) is 0 Å². The molecule has 33 valence electrons. The first kappa shape index (κ1) is 2.67. The summed E-state index contributed by atoms with van der Waals surface area (Å²) in [5.74, 6) is 0. The zero-order valence-electron chi connectivity index (χ0n) is 5.73. The maximum Gasteiger partial charge on any atom is 0.0711 e. The molecule has 0 atom stereocenters. The van der Waals surface area contributed by atoms with Gasteiger partial charge in [0, 0.05) is 0 Å². The van der Waals surface area contributed by atoms with Crippen LogP contribution in [0.25, 0.3) is 0 Å². The Hall–Kier alpha value is -0.563. The topological polar surface area (TPSA) is 0 Å². The molecule has 0 saturated carbocycles. The molecule has 0 nitrogen and oxygen atoms in total. The molecule has 0 amide bonds. The van der Waals surface area contributed by atoms with Crippen LogP contribution in [-0.2, 0) is 0 Å². The summed E-state index contributed by atoms with van der Waals surface area (Å²) < 4.78 is 14.3. The minimum Gasteiger partial charge on any atom is -0.0674 e. The van der Waals surface area contributed by atoms with Gasteiger partial charge in [0.25, 0.3) is 0 Å². The van der Waals surface area contributed by atoms with Crippen LogP contribution in [0.2, 0.25) is 0 Å². The highest BCUT2D eigenvalue weighted by Crippen LogP contribution is 1.76. The van der Waals surface area contributed by atoms with Crippen LogP contribution in [-0.4, -0.2) is 10.2 Å². The molecular weight excluding hydrogens is 100 g/mol. The predicted octanol–water partition coefficient (Wildman–Crippen LogP) is 0.480. The van der Waals surface area contributed by atoms with E-state index in [0.29, 0.717) is 12.1 Å². The summed E-state index contributed by atoms with van der Waals surface area (Å²) in [4.78, 5) is 0. The molecule has 0 aromatic heterocycles. The smallest absolute Gasteiger partial charge is 0.0674 e. The van der Waals surface area contributed by atoms with Gasteiger partial charge >= 0.3 is 0 Å². The SMILES string of the molecule is [3H]c1ccc([Si])c([3H])c1. The van der Waals surface area contributed by atoms with Crippen molar-refractivity contribution in [1.82, 2.24) is 0 Å². The molecule has 3 radical (unpaired) electrons. The van der Waals surface area contributed by atoms with Gasteiger partial charge in [0.15, 0.2) is 0 Å². The normalized spacial score (nSPS) is 12.7. The van der Waals surface area contributed by atoms with Crippen molar-refractivity contribution in [2.75, 3.05) is 0 Å². The summed E-state index contributed by atoms with van der Waals surface area (Å²) in [6, 6.07) is 5.56. The van der Waals surface area contributed by atoms with Crippen LogP contribution in [0.1, 0.15) is 2.74 Å². The second-order valence-electron chi connectivity index (χ2n) is 1.20. The minimum absolute atomic E-state index is 0.360. The third-order valence-corrected chi connectivity index (χ3v) is 0.968. The van der Waals surface area contributed by atoms with Gasteiger partial charge in [-0.3, -0.25) is 0 Å². The van der Waals surface area contributed by atoms with Crippen LogP contribution < -0.4 is 5.19 Å². The second-order valence-corrected chi connectivity index (χ2v) is 1.74. The Kier molecular flexibility index (Phi) is 0.739. The Morgan fingerprint density at radius 3 is 3.00 bits per heavy atom. The molecular formula is C6H5Si. The van der Waals surface area contributed by atoms with Crippen molar-refractivity contribution in [2.45, 2.75) is 0 Å². The molecule has 0 spiro atoms. The lowest BCUT2D eigenvalue weighted by Crippen LogP contribution is -1.97. The molecule has 7 heavy (non-hydrogen) atoms. The summed E-state index contributed by atoms with van der Waals surface area (Å²) in [5.41, 5.74) is 0. The first-order chi connectivity index (χ1) is 4.20. The van der Waals surface area contributed by atoms with Crippen molar-refractivity contribution in [3.63, 3.8) is 0 Å². The number of hydrogen-bond donors (Lipinski definition) is 0. The third-order valence-electron chi connectivity index (χ3n) is 0.657. The fourth-order valence-electron chi connectivity index (χ4n) is 0.347. The van der Waals surface area contributed by atoms with E-state index < -0.39 is 0 Å². The van der Waals surface area contributed by atoms with Gasteiger partial charge in [0.05, 0.1) is 13.0 Å². The Bertz CT molecular complexity index is 222. The van der Waals surface area contributed by atoms with E-state index in [1.807, 2.05) is 0 Å². The summed E-state index contributed by atoms with van der Waals surface area (Å²) in [6.45, 7) is 0. The van der Waals surface area contributed by atoms with Crippen molar-refractivity contribution in [3.8, 4) is 0 Å². The van der Waals surface area contributed by atoms with Crippen LogP contribution in [0.15, 0.2) is 30.3 Å². The molecule has 1 aromatic carbocycles. The summed E-state index contributed by atoms with van der Waals surface area (Å²) in [5, 5.41) is 0.728. The predicted molar refractivity (Wildman–Crippen MR) is 31.8 cm³/mol. The quantitative estimate of drug-likeness (QED) is 0.425. The summed E-state index contributed by atoms with van der Waals surface area (Å²) in [6.07, 6.45) is 0. The van der Waals surface area contributed by atoms with Crippen molar-refractivity contribution in [2.24, 2.45) is 0 Å². The molecule has 0 unspecified atom stereocenters. The fourth-order valence-corrected chi connectivity index (χ4v) is 0.503. The van der Waals surface area contributed by atoms with Crippen molar-refractivity contribution in [3.05, 3.63) is 30.3 Å². The van der Waals surface area contributed by atoms with Gasteiger partial charge in [-0.05, 0) is 0 Å². The molecule has 0 aliphatic heterocycles. The Labute approximate surface area is 49.4 Å². The minimum atomic E-state index is 0.360. The van der Waals surface area contributed by atoms with Crippen molar-refractivity contribution in [1.29, 1.82) is 0 Å². The molecule has 0 aliphatic rings. The van der Waals surface area contributed by atoms with E-state index in [2.05, 4.69) is 10.2 Å². The van der Waals surface area contributed by atoms with E-state index in [4.69, 9.17) is 2.74 Å². The van der Waals surface area contributed by atoms with E-state index >= 15 is 0 Å².